The first-order valence-corrected chi connectivity index (χ1v) is 12.9. The summed E-state index contributed by atoms with van der Waals surface area (Å²) in [5.74, 6) is -0.326. The van der Waals surface area contributed by atoms with Gasteiger partial charge in [-0.2, -0.15) is 5.10 Å². The topological polar surface area (TPSA) is 136 Å². The number of nitrogens with one attached hydrogen (secondary N) is 2. The van der Waals surface area contributed by atoms with Crippen LogP contribution in [-0.2, 0) is 30.4 Å². The summed E-state index contributed by atoms with van der Waals surface area (Å²) < 4.78 is 17.8. The van der Waals surface area contributed by atoms with Crippen molar-refractivity contribution in [3.63, 3.8) is 0 Å². The summed E-state index contributed by atoms with van der Waals surface area (Å²) in [5, 5.41) is 19.7. The molecule has 10 nitrogen and oxygen atoms in total. The van der Waals surface area contributed by atoms with Gasteiger partial charge in [0.15, 0.2) is 17.6 Å². The number of carbonyl (C=O) groups is 2. The van der Waals surface area contributed by atoms with Crippen LogP contribution in [0.1, 0.15) is 49.9 Å². The molecule has 1 fully saturated rings. The van der Waals surface area contributed by atoms with Gasteiger partial charge in [-0.1, -0.05) is 55.1 Å². The van der Waals surface area contributed by atoms with Crippen LogP contribution in [0, 0.1) is 5.92 Å². The zero-order valence-electron chi connectivity index (χ0n) is 20.8. The first kappa shape index (κ1) is 26.8. The van der Waals surface area contributed by atoms with Gasteiger partial charge in [0.25, 0.3) is 5.91 Å². The largest absolute Gasteiger partial charge is 0.453 e. The summed E-state index contributed by atoms with van der Waals surface area (Å²) in [5.41, 5.74) is 3.07. The monoisotopic (exact) mass is 526 g/mol. The lowest BCUT2D eigenvalue weighted by molar-refractivity contribution is -0.268. The number of hydrogen-bond donors (Lipinski definition) is 3. The summed E-state index contributed by atoms with van der Waals surface area (Å²) in [6.07, 6.45) is -0.602. The van der Waals surface area contributed by atoms with Gasteiger partial charge in [0.1, 0.15) is 6.33 Å². The standard InChI is InChI=1S/C26H30N4O6S/c1-15-22(13-37-26-27-14-28-30-26)35-25(36-23(15)19-9-7-18(12-31)8-10-19)20-5-4-6-21(11-20)29-24(33)16(2)34-17(3)32/h4-11,14-16,22-23,25,31H,12-13H2,1-3H3,(H,29,33)(H,27,28,30)/t15-,16-,22+,23+,25?/m0/s1. The summed E-state index contributed by atoms with van der Waals surface area (Å²) in [4.78, 5) is 27.8. The lowest BCUT2D eigenvalue weighted by Gasteiger charge is -2.41. The Hall–Kier alpha value is -3.25. The van der Waals surface area contributed by atoms with Crippen molar-refractivity contribution in [1.29, 1.82) is 0 Å². The highest BCUT2D eigenvalue weighted by Crippen LogP contribution is 2.43. The molecule has 1 amide bonds. The molecule has 0 aliphatic carbocycles. The smallest absolute Gasteiger partial charge is 0.303 e. The van der Waals surface area contributed by atoms with Crippen LogP contribution in [0.5, 0.6) is 0 Å². The normalized spacial score (nSPS) is 22.3. The molecular weight excluding hydrogens is 496 g/mol. The van der Waals surface area contributed by atoms with E-state index in [0.717, 1.165) is 16.7 Å². The molecule has 0 bridgehead atoms. The second kappa shape index (κ2) is 12.3. The first-order chi connectivity index (χ1) is 17.8. The van der Waals surface area contributed by atoms with Crippen molar-refractivity contribution in [2.75, 3.05) is 11.1 Å². The number of ether oxygens (including phenoxy) is 3. The van der Waals surface area contributed by atoms with Crippen molar-refractivity contribution in [3.8, 4) is 0 Å². The Balaban J connectivity index is 1.55. The van der Waals surface area contributed by atoms with E-state index in [2.05, 4.69) is 27.4 Å². The van der Waals surface area contributed by atoms with Crippen LogP contribution in [0.25, 0.3) is 0 Å². The molecule has 11 heteroatoms. The molecule has 196 valence electrons. The van der Waals surface area contributed by atoms with Crippen LogP contribution in [0.4, 0.5) is 5.69 Å². The molecule has 1 aliphatic rings. The number of rotatable bonds is 9. The number of aromatic nitrogens is 3. The van der Waals surface area contributed by atoms with E-state index in [0.29, 0.717) is 16.6 Å². The number of H-pyrrole nitrogens is 1. The van der Waals surface area contributed by atoms with E-state index in [9.17, 15) is 14.7 Å². The average molecular weight is 527 g/mol. The Bertz CT molecular complexity index is 1190. The highest BCUT2D eigenvalue weighted by molar-refractivity contribution is 7.99. The molecule has 37 heavy (non-hydrogen) atoms. The Kier molecular flexibility index (Phi) is 8.93. The number of aliphatic hydroxyl groups is 1. The second-order valence-corrected chi connectivity index (χ2v) is 9.80. The fourth-order valence-electron chi connectivity index (χ4n) is 4.04. The number of carbonyl (C=O) groups excluding carboxylic acids is 2. The van der Waals surface area contributed by atoms with Crippen molar-refractivity contribution in [3.05, 3.63) is 71.5 Å². The van der Waals surface area contributed by atoms with Gasteiger partial charge in [0.05, 0.1) is 18.8 Å². The van der Waals surface area contributed by atoms with Crippen LogP contribution < -0.4 is 5.32 Å². The van der Waals surface area contributed by atoms with Crippen LogP contribution in [0.2, 0.25) is 0 Å². The molecule has 1 aromatic heterocycles. The predicted molar refractivity (Wildman–Crippen MR) is 136 cm³/mol. The number of aromatic amines is 1. The van der Waals surface area contributed by atoms with Crippen LogP contribution in [-0.4, -0.2) is 50.1 Å². The number of aliphatic hydroxyl groups excluding tert-OH is 1. The average Bonchev–Trinajstić information content (AvgIpc) is 3.42. The third-order valence-corrected chi connectivity index (χ3v) is 7.00. The number of esters is 1. The van der Waals surface area contributed by atoms with Crippen LogP contribution in [0.15, 0.2) is 60.0 Å². The lowest BCUT2D eigenvalue weighted by atomic mass is 9.91. The fourth-order valence-corrected chi connectivity index (χ4v) is 4.99. The van der Waals surface area contributed by atoms with E-state index >= 15 is 0 Å². The number of hydrogen-bond acceptors (Lipinski definition) is 9. The number of nitrogens with zero attached hydrogens (tertiary/aromatic N) is 2. The van der Waals surface area contributed by atoms with Gasteiger partial charge in [-0.25, -0.2) is 4.98 Å². The Morgan fingerprint density at radius 3 is 2.65 bits per heavy atom. The maximum absolute atomic E-state index is 12.4. The predicted octanol–water partition coefficient (Wildman–Crippen LogP) is 3.77. The summed E-state index contributed by atoms with van der Waals surface area (Å²) in [6, 6.07) is 14.9. The number of benzene rings is 2. The summed E-state index contributed by atoms with van der Waals surface area (Å²) in [7, 11) is 0. The molecule has 1 aliphatic heterocycles. The minimum atomic E-state index is -0.923. The van der Waals surface area contributed by atoms with Gasteiger partial charge in [-0.3, -0.25) is 14.7 Å². The van der Waals surface area contributed by atoms with Crippen molar-refractivity contribution < 1.29 is 28.9 Å². The van der Waals surface area contributed by atoms with E-state index in [4.69, 9.17) is 14.2 Å². The lowest BCUT2D eigenvalue weighted by Crippen LogP contribution is -2.38. The summed E-state index contributed by atoms with van der Waals surface area (Å²) >= 11 is 1.52. The fraction of sp³-hybridized carbons (Fsp3) is 0.385. The highest BCUT2D eigenvalue weighted by Gasteiger charge is 2.38. The van der Waals surface area contributed by atoms with Gasteiger partial charge in [-0.15, -0.1) is 0 Å². The molecule has 2 aromatic carbocycles. The van der Waals surface area contributed by atoms with E-state index in [-0.39, 0.29) is 24.7 Å². The quantitative estimate of drug-likeness (QED) is 0.281. The van der Waals surface area contributed by atoms with E-state index in [1.54, 1.807) is 18.2 Å². The zero-order chi connectivity index (χ0) is 26.4. The second-order valence-electron chi connectivity index (χ2n) is 8.79. The molecule has 0 saturated carbocycles. The molecule has 0 spiro atoms. The molecule has 1 unspecified atom stereocenters. The van der Waals surface area contributed by atoms with Crippen molar-refractivity contribution >= 4 is 29.3 Å². The van der Waals surface area contributed by atoms with Crippen molar-refractivity contribution in [2.24, 2.45) is 5.92 Å². The molecule has 2 heterocycles. The minimum absolute atomic E-state index is 0.0131. The maximum Gasteiger partial charge on any atom is 0.303 e. The molecule has 5 atom stereocenters. The van der Waals surface area contributed by atoms with Gasteiger partial charge >= 0.3 is 5.97 Å². The SMILES string of the molecule is CC(=O)O[C@@H](C)C(=O)Nc1cccc(C2O[C@H](CSc3ncn[nH]3)[C@H](C)[C@H](c3ccc(CO)cc3)O2)c1. The Labute approximate surface area is 219 Å². The third kappa shape index (κ3) is 6.95. The van der Waals surface area contributed by atoms with E-state index < -0.39 is 24.3 Å². The molecular formula is C26H30N4O6S. The first-order valence-electron chi connectivity index (χ1n) is 11.9. The molecule has 4 rings (SSSR count). The number of amides is 1. The van der Waals surface area contributed by atoms with Gasteiger partial charge in [0.2, 0.25) is 0 Å². The zero-order valence-corrected chi connectivity index (χ0v) is 21.6. The number of anilines is 1. The van der Waals surface area contributed by atoms with Crippen molar-refractivity contribution in [2.45, 2.75) is 57.1 Å². The molecule has 3 aromatic rings. The highest BCUT2D eigenvalue weighted by atomic mass is 32.2. The van der Waals surface area contributed by atoms with Gasteiger partial charge in [-0.05, 0) is 30.2 Å². The van der Waals surface area contributed by atoms with Gasteiger partial charge < -0.3 is 24.6 Å². The van der Waals surface area contributed by atoms with Crippen LogP contribution in [0.3, 0.4) is 0 Å². The van der Waals surface area contributed by atoms with Crippen LogP contribution >= 0.6 is 11.8 Å². The Morgan fingerprint density at radius 2 is 1.97 bits per heavy atom. The van der Waals surface area contributed by atoms with Crippen molar-refractivity contribution in [1.82, 2.24) is 15.2 Å². The number of thioether (sulfide) groups is 1. The van der Waals surface area contributed by atoms with Gasteiger partial charge in [0, 0.05) is 29.8 Å². The van der Waals surface area contributed by atoms with E-state index in [1.165, 1.54) is 31.9 Å². The maximum atomic E-state index is 12.4. The Morgan fingerprint density at radius 1 is 1.19 bits per heavy atom. The van der Waals surface area contributed by atoms with E-state index in [1.807, 2.05) is 30.3 Å². The summed E-state index contributed by atoms with van der Waals surface area (Å²) in [6.45, 7) is 4.82. The minimum Gasteiger partial charge on any atom is -0.453 e. The molecule has 3 N–H and O–H groups in total. The molecule has 1 saturated heterocycles. The third-order valence-electron chi connectivity index (χ3n) is 6.04. The molecule has 0 radical (unpaired) electrons.